The minimum absolute atomic E-state index is 0.0496. The topological polar surface area (TPSA) is 95.5 Å². The molecule has 0 unspecified atom stereocenters. The van der Waals surface area contributed by atoms with E-state index in [9.17, 15) is 4.79 Å². The van der Waals surface area contributed by atoms with Crippen LogP contribution in [0.2, 0.25) is 0 Å². The van der Waals surface area contributed by atoms with Crippen molar-refractivity contribution in [1.29, 1.82) is 0 Å². The number of methoxy groups -OCH3 is 1. The second-order valence-corrected chi connectivity index (χ2v) is 8.62. The summed E-state index contributed by atoms with van der Waals surface area (Å²) >= 11 is 0. The van der Waals surface area contributed by atoms with Gasteiger partial charge in [0.05, 0.1) is 11.8 Å². The minimum Gasteiger partial charge on any atom is -0.385 e. The Morgan fingerprint density at radius 2 is 2.03 bits per heavy atom. The number of carbonyl (C=O) groups excluding carboxylic acids is 1. The SMILES string of the molecule is CCn1ncc(C(=O)N2CCC(CCOC)(c3noc(C4CCOCC4)n3)CC2)c1C. The van der Waals surface area contributed by atoms with Crippen molar-refractivity contribution in [3.8, 4) is 0 Å². The van der Waals surface area contributed by atoms with Crippen LogP contribution in [0, 0.1) is 6.92 Å². The monoisotopic (exact) mass is 431 g/mol. The molecule has 9 nitrogen and oxygen atoms in total. The molecule has 2 aromatic rings. The first kappa shape index (κ1) is 22.0. The predicted molar refractivity (Wildman–Crippen MR) is 113 cm³/mol. The molecule has 1 amide bonds. The van der Waals surface area contributed by atoms with Gasteiger partial charge in [-0.05, 0) is 46.0 Å². The molecule has 170 valence electrons. The average Bonchev–Trinajstić information content (AvgIpc) is 3.45. The van der Waals surface area contributed by atoms with Gasteiger partial charge in [0.1, 0.15) is 0 Å². The van der Waals surface area contributed by atoms with E-state index in [0.717, 1.165) is 69.3 Å². The van der Waals surface area contributed by atoms with Gasteiger partial charge in [-0.15, -0.1) is 0 Å². The van der Waals surface area contributed by atoms with Crippen LogP contribution in [0.4, 0.5) is 0 Å². The normalized spacial score (nSPS) is 19.6. The molecule has 0 N–H and O–H groups in total. The van der Waals surface area contributed by atoms with Crippen molar-refractivity contribution in [2.75, 3.05) is 40.0 Å². The van der Waals surface area contributed by atoms with Gasteiger partial charge < -0.3 is 18.9 Å². The van der Waals surface area contributed by atoms with Gasteiger partial charge in [0.2, 0.25) is 5.89 Å². The average molecular weight is 432 g/mol. The van der Waals surface area contributed by atoms with E-state index in [1.165, 1.54) is 0 Å². The minimum atomic E-state index is -0.234. The van der Waals surface area contributed by atoms with Crippen LogP contribution in [-0.4, -0.2) is 70.7 Å². The van der Waals surface area contributed by atoms with Gasteiger partial charge in [0.25, 0.3) is 5.91 Å². The van der Waals surface area contributed by atoms with E-state index in [-0.39, 0.29) is 17.2 Å². The van der Waals surface area contributed by atoms with Gasteiger partial charge in [-0.25, -0.2) is 0 Å². The Morgan fingerprint density at radius 1 is 1.29 bits per heavy atom. The van der Waals surface area contributed by atoms with Crippen LogP contribution >= 0.6 is 0 Å². The van der Waals surface area contributed by atoms with Crippen LogP contribution in [0.25, 0.3) is 0 Å². The highest BCUT2D eigenvalue weighted by molar-refractivity contribution is 5.95. The predicted octanol–water partition coefficient (Wildman–Crippen LogP) is 2.70. The highest BCUT2D eigenvalue weighted by Gasteiger charge is 2.42. The quantitative estimate of drug-likeness (QED) is 0.665. The van der Waals surface area contributed by atoms with Crippen molar-refractivity contribution in [2.24, 2.45) is 0 Å². The number of likely N-dealkylation sites (tertiary alicyclic amines) is 1. The largest absolute Gasteiger partial charge is 0.385 e. The van der Waals surface area contributed by atoms with E-state index in [1.54, 1.807) is 13.3 Å². The summed E-state index contributed by atoms with van der Waals surface area (Å²) in [7, 11) is 1.71. The molecule has 31 heavy (non-hydrogen) atoms. The number of hydrogen-bond acceptors (Lipinski definition) is 7. The first-order valence-electron chi connectivity index (χ1n) is 11.3. The molecule has 2 aromatic heterocycles. The molecule has 0 atom stereocenters. The first-order valence-corrected chi connectivity index (χ1v) is 11.3. The summed E-state index contributed by atoms with van der Waals surface area (Å²) in [6.45, 7) is 8.14. The lowest BCUT2D eigenvalue weighted by Gasteiger charge is -2.39. The van der Waals surface area contributed by atoms with Crippen LogP contribution in [0.1, 0.15) is 72.7 Å². The molecule has 0 aliphatic carbocycles. The smallest absolute Gasteiger partial charge is 0.257 e. The number of aryl methyl sites for hydroxylation is 1. The Bertz CT molecular complexity index is 878. The first-order chi connectivity index (χ1) is 15.1. The second kappa shape index (κ2) is 9.48. The van der Waals surface area contributed by atoms with E-state index in [1.807, 2.05) is 23.4 Å². The van der Waals surface area contributed by atoms with Gasteiger partial charge in [0.15, 0.2) is 5.82 Å². The fourth-order valence-corrected chi connectivity index (χ4v) is 4.73. The zero-order valence-electron chi connectivity index (χ0n) is 18.8. The molecule has 4 rings (SSSR count). The highest BCUT2D eigenvalue weighted by atomic mass is 16.5. The summed E-state index contributed by atoms with van der Waals surface area (Å²) in [5.74, 6) is 1.80. The Morgan fingerprint density at radius 3 is 2.68 bits per heavy atom. The maximum atomic E-state index is 13.1. The summed E-state index contributed by atoms with van der Waals surface area (Å²) < 4.78 is 18.4. The van der Waals surface area contributed by atoms with Gasteiger partial charge >= 0.3 is 0 Å². The fraction of sp³-hybridized carbons (Fsp3) is 0.727. The lowest BCUT2D eigenvalue weighted by Crippen LogP contribution is -2.46. The summed E-state index contributed by atoms with van der Waals surface area (Å²) in [6, 6.07) is 0. The van der Waals surface area contributed by atoms with Crippen LogP contribution in [-0.2, 0) is 21.4 Å². The number of amides is 1. The molecule has 9 heteroatoms. The molecule has 2 aliphatic rings. The highest BCUT2D eigenvalue weighted by Crippen LogP contribution is 2.39. The molecule has 0 spiro atoms. The molecule has 0 bridgehead atoms. The third kappa shape index (κ3) is 4.39. The maximum absolute atomic E-state index is 13.1. The van der Waals surface area contributed by atoms with Gasteiger partial charge in [-0.1, -0.05) is 5.16 Å². The van der Waals surface area contributed by atoms with Crippen LogP contribution < -0.4 is 0 Å². The summed E-state index contributed by atoms with van der Waals surface area (Å²) in [4.78, 5) is 19.9. The number of ether oxygens (including phenoxy) is 2. The molecular weight excluding hydrogens is 398 g/mol. The third-order valence-corrected chi connectivity index (χ3v) is 6.91. The van der Waals surface area contributed by atoms with Gasteiger partial charge in [-0.3, -0.25) is 9.48 Å². The molecule has 2 aliphatic heterocycles. The van der Waals surface area contributed by atoms with E-state index in [0.29, 0.717) is 25.3 Å². The van der Waals surface area contributed by atoms with Crippen molar-refractivity contribution in [3.05, 3.63) is 29.2 Å². The molecular formula is C22H33N5O4. The Hall–Kier alpha value is -2.26. The molecule has 0 saturated carbocycles. The van der Waals surface area contributed by atoms with Crippen LogP contribution in [0.5, 0.6) is 0 Å². The van der Waals surface area contributed by atoms with E-state index in [2.05, 4.69) is 10.3 Å². The van der Waals surface area contributed by atoms with Crippen LogP contribution in [0.3, 0.4) is 0 Å². The van der Waals surface area contributed by atoms with Crippen molar-refractivity contribution < 1.29 is 18.8 Å². The van der Waals surface area contributed by atoms with Crippen molar-refractivity contribution in [3.63, 3.8) is 0 Å². The third-order valence-electron chi connectivity index (χ3n) is 6.91. The number of aromatic nitrogens is 4. The summed E-state index contributed by atoms with van der Waals surface area (Å²) in [5, 5.41) is 8.72. The Kier molecular flexibility index (Phi) is 6.71. The number of rotatable bonds is 7. The van der Waals surface area contributed by atoms with Crippen LogP contribution in [0.15, 0.2) is 10.7 Å². The molecule has 0 radical (unpaired) electrons. The molecule has 4 heterocycles. The van der Waals surface area contributed by atoms with Crippen molar-refractivity contribution >= 4 is 5.91 Å². The second-order valence-electron chi connectivity index (χ2n) is 8.62. The van der Waals surface area contributed by atoms with E-state index < -0.39 is 0 Å². The van der Waals surface area contributed by atoms with E-state index in [4.69, 9.17) is 19.0 Å². The van der Waals surface area contributed by atoms with Crippen molar-refractivity contribution in [1.82, 2.24) is 24.8 Å². The number of nitrogens with zero attached hydrogens (tertiary/aromatic N) is 5. The molecule has 0 aromatic carbocycles. The zero-order valence-corrected chi connectivity index (χ0v) is 18.8. The summed E-state index contributed by atoms with van der Waals surface area (Å²) in [5.41, 5.74) is 1.37. The maximum Gasteiger partial charge on any atom is 0.257 e. The number of carbonyl (C=O) groups is 1. The van der Waals surface area contributed by atoms with E-state index >= 15 is 0 Å². The Labute approximate surface area is 183 Å². The lowest BCUT2D eigenvalue weighted by atomic mass is 9.75. The number of hydrogen-bond donors (Lipinski definition) is 0. The standard InChI is InChI=1S/C22H33N5O4/c1-4-27-16(2)18(15-23-27)20(28)26-10-7-22(8-11-26,9-14-29-3)21-24-19(31-25-21)17-5-12-30-13-6-17/h15,17H,4-14H2,1-3H3. The molecule has 2 saturated heterocycles. The zero-order chi connectivity index (χ0) is 21.8. The summed E-state index contributed by atoms with van der Waals surface area (Å²) in [6.07, 6.45) is 5.91. The lowest BCUT2D eigenvalue weighted by molar-refractivity contribution is 0.0615. The molecule has 2 fully saturated rings. The van der Waals surface area contributed by atoms with Crippen molar-refractivity contribution in [2.45, 2.75) is 63.8 Å². The Balaban J connectivity index is 1.49. The van der Waals surface area contributed by atoms with Gasteiger partial charge in [0, 0.05) is 63.6 Å². The fourth-order valence-electron chi connectivity index (χ4n) is 4.73. The van der Waals surface area contributed by atoms with Gasteiger partial charge in [-0.2, -0.15) is 10.1 Å². The number of piperidine rings is 1.